The van der Waals surface area contributed by atoms with Gasteiger partial charge in [0.25, 0.3) is 0 Å². The molecule has 2 atom stereocenters. The first-order chi connectivity index (χ1) is 13.9. The highest BCUT2D eigenvalue weighted by Gasteiger charge is 2.51. The molecule has 0 saturated carbocycles. The van der Waals surface area contributed by atoms with Gasteiger partial charge in [0.05, 0.1) is 20.2 Å². The summed E-state index contributed by atoms with van der Waals surface area (Å²) in [7, 11) is -1.79. The summed E-state index contributed by atoms with van der Waals surface area (Å²) < 4.78 is 12.3. The number of nitrogens with zero attached hydrogens (tertiary/aromatic N) is 2. The summed E-state index contributed by atoms with van der Waals surface area (Å²) in [5.41, 5.74) is 0.239. The number of piperidine rings is 1. The molecule has 2 aliphatic rings. The van der Waals surface area contributed by atoms with Crippen LogP contribution in [0.15, 0.2) is 30.3 Å². The predicted octanol–water partition coefficient (Wildman–Crippen LogP) is 5.27. The van der Waals surface area contributed by atoms with Crippen LogP contribution in [0.1, 0.15) is 52.5 Å². The van der Waals surface area contributed by atoms with E-state index in [1.54, 1.807) is 4.90 Å². The molecule has 0 N–H and O–H groups in total. The van der Waals surface area contributed by atoms with Crippen LogP contribution in [-0.2, 0) is 16.0 Å². The van der Waals surface area contributed by atoms with Crippen LogP contribution >= 0.6 is 0 Å². The molecule has 0 aliphatic carbocycles. The molecule has 1 aromatic rings. The Morgan fingerprint density at radius 2 is 1.83 bits per heavy atom. The summed E-state index contributed by atoms with van der Waals surface area (Å²) in [5, 5.41) is 0. The predicted molar refractivity (Wildman–Crippen MR) is 124 cm³/mol. The van der Waals surface area contributed by atoms with E-state index in [4.69, 9.17) is 9.47 Å². The second kappa shape index (κ2) is 8.64. The highest BCUT2D eigenvalue weighted by Crippen LogP contribution is 2.37. The molecular formula is C24H40N2O3Si. The van der Waals surface area contributed by atoms with Crippen LogP contribution in [0.2, 0.25) is 19.6 Å². The van der Waals surface area contributed by atoms with E-state index >= 15 is 0 Å². The van der Waals surface area contributed by atoms with Gasteiger partial charge in [-0.3, -0.25) is 9.80 Å². The number of hydrogen-bond donors (Lipinski definition) is 0. The van der Waals surface area contributed by atoms with Gasteiger partial charge in [0.1, 0.15) is 11.5 Å². The third-order valence-corrected chi connectivity index (χ3v) is 8.64. The lowest BCUT2D eigenvalue weighted by Crippen LogP contribution is -2.60. The molecule has 0 spiro atoms. The van der Waals surface area contributed by atoms with Crippen molar-refractivity contribution in [2.45, 2.75) is 96.2 Å². The zero-order valence-electron chi connectivity index (χ0n) is 19.9. The second-order valence-corrected chi connectivity index (χ2v) is 16.4. The molecule has 0 bridgehead atoms. The van der Waals surface area contributed by atoms with Crippen LogP contribution < -0.4 is 0 Å². The first-order valence-electron chi connectivity index (χ1n) is 11.3. The molecule has 1 amide bonds. The lowest BCUT2D eigenvalue weighted by atomic mass is 10.0. The summed E-state index contributed by atoms with van der Waals surface area (Å²) >= 11 is 0. The number of rotatable bonds is 5. The topological polar surface area (TPSA) is 42.0 Å². The Balaban J connectivity index is 1.83. The average molecular weight is 433 g/mol. The van der Waals surface area contributed by atoms with Crippen molar-refractivity contribution >= 4 is 14.2 Å². The monoisotopic (exact) mass is 432 g/mol. The lowest BCUT2D eigenvalue weighted by Gasteiger charge is -2.46. The smallest absolute Gasteiger partial charge is 0.412 e. The Bertz CT molecular complexity index is 714. The Kier molecular flexibility index (Phi) is 6.70. The molecule has 6 heteroatoms. The maximum Gasteiger partial charge on any atom is 0.412 e. The van der Waals surface area contributed by atoms with Gasteiger partial charge in [-0.15, -0.1) is 0 Å². The molecule has 0 unspecified atom stereocenters. The summed E-state index contributed by atoms with van der Waals surface area (Å²) in [5.74, 6) is 0. The van der Waals surface area contributed by atoms with E-state index in [9.17, 15) is 4.79 Å². The van der Waals surface area contributed by atoms with Crippen molar-refractivity contribution in [3.8, 4) is 0 Å². The third-order valence-electron chi connectivity index (χ3n) is 6.43. The summed E-state index contributed by atoms with van der Waals surface area (Å²) in [6.07, 6.45) is 3.24. The van der Waals surface area contributed by atoms with Crippen LogP contribution in [-0.4, -0.2) is 60.2 Å². The Morgan fingerprint density at radius 1 is 1.17 bits per heavy atom. The Labute approximate surface area is 183 Å². The fourth-order valence-corrected chi connectivity index (χ4v) is 7.03. The highest BCUT2D eigenvalue weighted by molar-refractivity contribution is 6.77. The summed E-state index contributed by atoms with van der Waals surface area (Å²) in [4.78, 5) is 17.8. The van der Waals surface area contributed by atoms with Crippen molar-refractivity contribution in [1.29, 1.82) is 0 Å². The third kappa shape index (κ3) is 5.09. The Hall–Kier alpha value is -1.37. The largest absolute Gasteiger partial charge is 0.448 e. The molecule has 168 valence electrons. The van der Waals surface area contributed by atoms with Gasteiger partial charge < -0.3 is 9.47 Å². The molecule has 5 nitrogen and oxygen atoms in total. The van der Waals surface area contributed by atoms with Gasteiger partial charge in [0.15, 0.2) is 0 Å². The van der Waals surface area contributed by atoms with Crippen LogP contribution in [0.25, 0.3) is 0 Å². The minimum absolute atomic E-state index is 0.0544. The van der Waals surface area contributed by atoms with Crippen LogP contribution in [0, 0.1) is 0 Å². The minimum Gasteiger partial charge on any atom is -0.448 e. The van der Waals surface area contributed by atoms with Crippen molar-refractivity contribution in [3.05, 3.63) is 35.9 Å². The van der Waals surface area contributed by atoms with Gasteiger partial charge in [-0.2, -0.15) is 0 Å². The van der Waals surface area contributed by atoms with E-state index in [-0.39, 0.29) is 23.4 Å². The molecular weight excluding hydrogens is 392 g/mol. The molecule has 2 saturated heterocycles. The van der Waals surface area contributed by atoms with Crippen molar-refractivity contribution in [2.75, 3.05) is 13.2 Å². The second-order valence-electron chi connectivity index (χ2n) is 11.1. The first kappa shape index (κ1) is 23.3. The van der Waals surface area contributed by atoms with Gasteiger partial charge >= 0.3 is 6.09 Å². The number of amides is 1. The van der Waals surface area contributed by atoms with Gasteiger partial charge in [0.2, 0.25) is 0 Å². The van der Waals surface area contributed by atoms with E-state index in [2.05, 4.69) is 68.7 Å². The fraction of sp³-hybridized carbons (Fsp3) is 0.708. The van der Waals surface area contributed by atoms with E-state index < -0.39 is 13.8 Å². The van der Waals surface area contributed by atoms with Gasteiger partial charge in [-0.1, -0.05) is 56.4 Å². The quantitative estimate of drug-likeness (QED) is 0.594. The standard InChI is InChI=1S/C24H40N2O3Si/c1-23(2)18-28-24(3,4)26(23)22(27)29-21(30(5,6)7)20-15-11-12-16-25(20)17-19-13-9-8-10-14-19/h8-10,13-14,20-21H,11-12,15-18H2,1-7H3/t20-,21-/m0/s1. The molecule has 2 heterocycles. The van der Waals surface area contributed by atoms with Crippen molar-refractivity contribution in [3.63, 3.8) is 0 Å². The number of likely N-dealkylation sites (tertiary alicyclic amines) is 1. The molecule has 30 heavy (non-hydrogen) atoms. The van der Waals surface area contributed by atoms with Crippen LogP contribution in [0.5, 0.6) is 0 Å². The lowest BCUT2D eigenvalue weighted by molar-refractivity contribution is -0.0610. The van der Waals surface area contributed by atoms with Crippen molar-refractivity contribution in [2.24, 2.45) is 0 Å². The highest BCUT2D eigenvalue weighted by atomic mass is 28.3. The van der Waals surface area contributed by atoms with Gasteiger partial charge in [-0.25, -0.2) is 4.79 Å². The van der Waals surface area contributed by atoms with E-state index in [1.807, 2.05) is 13.8 Å². The molecule has 2 aliphatic heterocycles. The number of carbonyl (C=O) groups excluding carboxylic acids is 1. The maximum atomic E-state index is 13.5. The van der Waals surface area contributed by atoms with Gasteiger partial charge in [-0.05, 0) is 52.6 Å². The normalized spacial score (nSPS) is 25.2. The summed E-state index contributed by atoms with van der Waals surface area (Å²) in [6, 6.07) is 10.9. The fourth-order valence-electron chi connectivity index (χ4n) is 5.05. The number of benzene rings is 1. The SMILES string of the molecule is CC1(C)COC(C)(C)N1C(=O)O[C@H]([C@@H]1CCCCN1Cc1ccccc1)[Si](C)(C)C. The van der Waals surface area contributed by atoms with E-state index in [0.29, 0.717) is 6.61 Å². The zero-order chi connectivity index (χ0) is 22.2. The first-order valence-corrected chi connectivity index (χ1v) is 14.9. The Morgan fingerprint density at radius 3 is 2.40 bits per heavy atom. The number of hydrogen-bond acceptors (Lipinski definition) is 4. The molecule has 3 rings (SSSR count). The van der Waals surface area contributed by atoms with Crippen molar-refractivity contribution < 1.29 is 14.3 Å². The molecule has 0 radical (unpaired) electrons. The van der Waals surface area contributed by atoms with Crippen LogP contribution in [0.4, 0.5) is 4.79 Å². The van der Waals surface area contributed by atoms with E-state index in [0.717, 1.165) is 19.5 Å². The van der Waals surface area contributed by atoms with E-state index in [1.165, 1.54) is 18.4 Å². The summed E-state index contributed by atoms with van der Waals surface area (Å²) in [6.45, 7) is 17.4. The van der Waals surface area contributed by atoms with Gasteiger partial charge in [0, 0.05) is 12.6 Å². The van der Waals surface area contributed by atoms with Crippen LogP contribution in [0.3, 0.4) is 0 Å². The molecule has 0 aromatic heterocycles. The number of ether oxygens (including phenoxy) is 2. The van der Waals surface area contributed by atoms with Crippen molar-refractivity contribution in [1.82, 2.24) is 9.80 Å². The molecule has 2 fully saturated rings. The maximum absolute atomic E-state index is 13.5. The molecule has 1 aromatic carbocycles. The minimum atomic E-state index is -1.79. The number of carbonyl (C=O) groups is 1. The average Bonchev–Trinajstić information content (AvgIpc) is 2.88. The zero-order valence-corrected chi connectivity index (χ0v) is 20.9.